The summed E-state index contributed by atoms with van der Waals surface area (Å²) in [5, 5.41) is 4.08. The Hall–Kier alpha value is 0.110. The summed E-state index contributed by atoms with van der Waals surface area (Å²) in [6.45, 7) is 8.91. The molecule has 3 unspecified atom stereocenters. The van der Waals surface area contributed by atoms with Crippen LogP contribution < -0.4 is 5.32 Å². The monoisotopic (exact) mass is 215 g/mol. The molecule has 1 heterocycles. The van der Waals surface area contributed by atoms with E-state index in [2.05, 4.69) is 33.0 Å². The molecule has 2 rings (SSSR count). The molecule has 1 saturated heterocycles. The van der Waals surface area contributed by atoms with Crippen molar-refractivity contribution in [3.8, 4) is 0 Å². The van der Waals surface area contributed by atoms with E-state index < -0.39 is 10.8 Å². The number of hydrogen-bond donors (Lipinski definition) is 1. The minimum absolute atomic E-state index is 0.0492. The molecular formula is C11H21NOS. The maximum Gasteiger partial charge on any atom is 0.0507 e. The maximum absolute atomic E-state index is 12.1. The van der Waals surface area contributed by atoms with Crippen LogP contribution in [0.25, 0.3) is 0 Å². The molecule has 0 aromatic rings. The summed E-state index contributed by atoms with van der Waals surface area (Å²) in [5.41, 5.74) is 0.367. The molecule has 1 N–H and O–H groups in total. The van der Waals surface area contributed by atoms with Gasteiger partial charge in [-0.3, -0.25) is 4.21 Å². The maximum atomic E-state index is 12.1. The minimum Gasteiger partial charge on any atom is -0.306 e. The first-order chi connectivity index (χ1) is 6.32. The SMILES string of the molecule is CC1(C)CS(=O)C2CCC(C)(C)C2N1. The molecule has 14 heavy (non-hydrogen) atoms. The van der Waals surface area contributed by atoms with Gasteiger partial charge in [-0.25, -0.2) is 0 Å². The van der Waals surface area contributed by atoms with E-state index in [1.54, 1.807) is 0 Å². The van der Waals surface area contributed by atoms with E-state index in [0.717, 1.165) is 12.2 Å². The lowest BCUT2D eigenvalue weighted by Gasteiger charge is -2.43. The van der Waals surface area contributed by atoms with E-state index in [0.29, 0.717) is 16.7 Å². The van der Waals surface area contributed by atoms with Gasteiger partial charge in [0.05, 0.1) is 5.25 Å². The molecule has 1 aliphatic heterocycles. The lowest BCUT2D eigenvalue weighted by molar-refractivity contribution is 0.229. The summed E-state index contributed by atoms with van der Waals surface area (Å²) >= 11 is 0. The highest BCUT2D eigenvalue weighted by Crippen LogP contribution is 2.43. The van der Waals surface area contributed by atoms with Gasteiger partial charge in [-0.2, -0.15) is 0 Å². The molecule has 3 atom stereocenters. The number of nitrogens with one attached hydrogen (secondary N) is 1. The van der Waals surface area contributed by atoms with Gasteiger partial charge in [0.25, 0.3) is 0 Å². The van der Waals surface area contributed by atoms with E-state index in [4.69, 9.17) is 0 Å². The van der Waals surface area contributed by atoms with Crippen LogP contribution in [0.5, 0.6) is 0 Å². The largest absolute Gasteiger partial charge is 0.306 e. The van der Waals surface area contributed by atoms with Crippen molar-refractivity contribution in [3.05, 3.63) is 0 Å². The van der Waals surface area contributed by atoms with Gasteiger partial charge >= 0.3 is 0 Å². The summed E-state index contributed by atoms with van der Waals surface area (Å²) in [7, 11) is -0.624. The zero-order chi connectivity index (χ0) is 10.6. The van der Waals surface area contributed by atoms with Gasteiger partial charge in [0, 0.05) is 28.1 Å². The van der Waals surface area contributed by atoms with Crippen LogP contribution in [0.2, 0.25) is 0 Å². The first-order valence-electron chi connectivity index (χ1n) is 5.47. The first-order valence-corrected chi connectivity index (χ1v) is 6.85. The van der Waals surface area contributed by atoms with Crippen molar-refractivity contribution in [2.45, 2.75) is 57.4 Å². The third-order valence-corrected chi connectivity index (χ3v) is 5.86. The molecule has 2 aliphatic rings. The standard InChI is InChI=1S/C11H21NOS/c1-10(2)6-5-8-9(10)12-11(3,4)7-14(8)13/h8-9,12H,5-7H2,1-4H3. The van der Waals surface area contributed by atoms with E-state index in [-0.39, 0.29) is 5.54 Å². The molecule has 1 saturated carbocycles. The van der Waals surface area contributed by atoms with Crippen LogP contribution in [0.1, 0.15) is 40.5 Å². The van der Waals surface area contributed by atoms with Crippen LogP contribution in [0, 0.1) is 5.41 Å². The van der Waals surface area contributed by atoms with Gasteiger partial charge in [-0.15, -0.1) is 0 Å². The molecule has 0 spiro atoms. The van der Waals surface area contributed by atoms with E-state index in [1.807, 2.05) is 0 Å². The van der Waals surface area contributed by atoms with E-state index in [1.165, 1.54) is 6.42 Å². The highest BCUT2D eigenvalue weighted by molar-refractivity contribution is 7.85. The summed E-state index contributed by atoms with van der Waals surface area (Å²) in [5.74, 6) is 0.810. The molecule has 0 radical (unpaired) electrons. The Balaban J connectivity index is 2.26. The zero-order valence-corrected chi connectivity index (χ0v) is 10.4. The number of rotatable bonds is 0. The van der Waals surface area contributed by atoms with Crippen molar-refractivity contribution >= 4 is 10.8 Å². The second kappa shape index (κ2) is 3.05. The lowest BCUT2D eigenvalue weighted by atomic mass is 9.85. The van der Waals surface area contributed by atoms with Crippen LogP contribution in [0.3, 0.4) is 0 Å². The van der Waals surface area contributed by atoms with Gasteiger partial charge in [0.15, 0.2) is 0 Å². The third kappa shape index (κ3) is 1.65. The highest BCUT2D eigenvalue weighted by Gasteiger charge is 2.50. The van der Waals surface area contributed by atoms with Crippen LogP contribution in [0.15, 0.2) is 0 Å². The molecule has 82 valence electrons. The number of fused-ring (bicyclic) bond motifs is 1. The Labute approximate surface area is 89.3 Å². The average Bonchev–Trinajstić information content (AvgIpc) is 2.25. The van der Waals surface area contributed by atoms with Crippen molar-refractivity contribution in [1.82, 2.24) is 5.32 Å². The summed E-state index contributed by atoms with van der Waals surface area (Å²) in [4.78, 5) is 0. The Morgan fingerprint density at radius 3 is 2.57 bits per heavy atom. The molecule has 1 aliphatic carbocycles. The summed E-state index contributed by atoms with van der Waals surface area (Å²) < 4.78 is 12.1. The molecule has 0 aromatic carbocycles. The molecule has 0 amide bonds. The third-order valence-electron chi connectivity index (χ3n) is 3.67. The topological polar surface area (TPSA) is 29.1 Å². The molecule has 0 aromatic heterocycles. The second-order valence-corrected chi connectivity index (χ2v) is 7.75. The van der Waals surface area contributed by atoms with E-state index in [9.17, 15) is 4.21 Å². The van der Waals surface area contributed by atoms with Crippen molar-refractivity contribution in [3.63, 3.8) is 0 Å². The lowest BCUT2D eigenvalue weighted by Crippen LogP contribution is -2.62. The van der Waals surface area contributed by atoms with E-state index >= 15 is 0 Å². The molecule has 2 fully saturated rings. The highest BCUT2D eigenvalue weighted by atomic mass is 32.2. The predicted molar refractivity (Wildman–Crippen MR) is 60.8 cm³/mol. The summed E-state index contributed by atoms with van der Waals surface area (Å²) in [6, 6.07) is 0.451. The second-order valence-electron chi connectivity index (χ2n) is 6.10. The van der Waals surface area contributed by atoms with Crippen LogP contribution in [0.4, 0.5) is 0 Å². The Bertz CT molecular complexity index is 272. The predicted octanol–water partition coefficient (Wildman–Crippen LogP) is 1.67. The van der Waals surface area contributed by atoms with Gasteiger partial charge in [0.2, 0.25) is 0 Å². The van der Waals surface area contributed by atoms with Gasteiger partial charge in [0.1, 0.15) is 0 Å². The Morgan fingerprint density at radius 2 is 1.93 bits per heavy atom. The van der Waals surface area contributed by atoms with Crippen LogP contribution >= 0.6 is 0 Å². The minimum atomic E-state index is -0.624. The number of hydrogen-bond acceptors (Lipinski definition) is 2. The normalized spacial score (nSPS) is 44.7. The molecular weight excluding hydrogens is 194 g/mol. The van der Waals surface area contributed by atoms with Gasteiger partial charge < -0.3 is 5.32 Å². The smallest absolute Gasteiger partial charge is 0.0507 e. The quantitative estimate of drug-likeness (QED) is 0.666. The Kier molecular flexibility index (Phi) is 2.31. The fraction of sp³-hybridized carbons (Fsp3) is 1.00. The van der Waals surface area contributed by atoms with Crippen molar-refractivity contribution in [2.75, 3.05) is 5.75 Å². The molecule has 3 heteroatoms. The van der Waals surface area contributed by atoms with Crippen LogP contribution in [-0.4, -0.2) is 26.8 Å². The van der Waals surface area contributed by atoms with Gasteiger partial charge in [-0.05, 0) is 32.1 Å². The molecule has 2 nitrogen and oxygen atoms in total. The molecule has 0 bridgehead atoms. The van der Waals surface area contributed by atoms with Crippen LogP contribution in [-0.2, 0) is 10.8 Å². The fourth-order valence-corrected chi connectivity index (χ4v) is 4.97. The fourth-order valence-electron chi connectivity index (χ4n) is 2.84. The van der Waals surface area contributed by atoms with Gasteiger partial charge in [-0.1, -0.05) is 13.8 Å². The Morgan fingerprint density at radius 1 is 1.29 bits per heavy atom. The average molecular weight is 215 g/mol. The summed E-state index contributed by atoms with van der Waals surface area (Å²) in [6.07, 6.45) is 2.34. The van der Waals surface area contributed by atoms with Crippen molar-refractivity contribution < 1.29 is 4.21 Å². The first kappa shape index (κ1) is 10.6. The van der Waals surface area contributed by atoms with Crippen molar-refractivity contribution in [1.29, 1.82) is 0 Å². The van der Waals surface area contributed by atoms with Crippen molar-refractivity contribution in [2.24, 2.45) is 5.41 Å². The zero-order valence-electron chi connectivity index (χ0n) is 9.59.